The van der Waals surface area contributed by atoms with Gasteiger partial charge in [0.15, 0.2) is 0 Å². The summed E-state index contributed by atoms with van der Waals surface area (Å²) in [6.45, 7) is 3.64. The highest BCUT2D eigenvalue weighted by molar-refractivity contribution is 6.46. The lowest BCUT2D eigenvalue weighted by Crippen LogP contribution is -2.45. The molecule has 0 aliphatic carbocycles. The highest BCUT2D eigenvalue weighted by atomic mass is 35.5. The van der Waals surface area contributed by atoms with Crippen molar-refractivity contribution in [2.45, 2.75) is 19.4 Å². The molecule has 0 spiro atoms. The molecule has 4 heteroatoms. The van der Waals surface area contributed by atoms with Gasteiger partial charge in [-0.2, -0.15) is 0 Å². The molecular weight excluding hydrogens is 238 g/mol. The molecule has 17 heavy (non-hydrogen) atoms. The molecule has 1 aromatic rings. The summed E-state index contributed by atoms with van der Waals surface area (Å²) < 4.78 is 0. The zero-order chi connectivity index (χ0) is 12.6. The fourth-order valence-electron chi connectivity index (χ4n) is 1.95. The van der Waals surface area contributed by atoms with E-state index in [0.29, 0.717) is 0 Å². The van der Waals surface area contributed by atoms with Gasteiger partial charge in [-0.3, -0.25) is 14.5 Å². The third-order valence-corrected chi connectivity index (χ3v) is 3.19. The highest BCUT2D eigenvalue weighted by Crippen LogP contribution is 2.32. The van der Waals surface area contributed by atoms with Gasteiger partial charge in [-0.05, 0) is 19.4 Å². The maximum atomic E-state index is 11.8. The molecule has 88 valence electrons. The number of rotatable bonds is 2. The topological polar surface area (TPSA) is 37.4 Å². The van der Waals surface area contributed by atoms with Gasteiger partial charge >= 0.3 is 0 Å². The number of imide groups is 1. The molecule has 0 fully saturated rings. The Kier molecular flexibility index (Phi) is 2.79. The van der Waals surface area contributed by atoms with Crippen LogP contribution in [0.1, 0.15) is 19.4 Å². The van der Waals surface area contributed by atoms with Crippen LogP contribution in [0.2, 0.25) is 0 Å². The fraction of sp³-hybridized carbons (Fsp3) is 0.231. The first kappa shape index (κ1) is 11.9. The monoisotopic (exact) mass is 249 g/mol. The van der Waals surface area contributed by atoms with Crippen molar-refractivity contribution in [1.82, 2.24) is 4.90 Å². The number of nitrogens with zero attached hydrogens (tertiary/aromatic N) is 1. The van der Waals surface area contributed by atoms with E-state index in [1.165, 1.54) is 4.90 Å². The summed E-state index contributed by atoms with van der Waals surface area (Å²) in [5, 5.41) is -0.0287. The Balaban J connectivity index is 2.41. The lowest BCUT2D eigenvalue weighted by atomic mass is 9.92. The van der Waals surface area contributed by atoms with Crippen LogP contribution in [0.15, 0.2) is 41.4 Å². The molecule has 0 saturated carbocycles. The van der Waals surface area contributed by atoms with Gasteiger partial charge < -0.3 is 0 Å². The summed E-state index contributed by atoms with van der Waals surface area (Å²) in [4.78, 5) is 24.8. The summed E-state index contributed by atoms with van der Waals surface area (Å²) in [6.07, 6.45) is 1.16. The molecule has 0 bridgehead atoms. The van der Waals surface area contributed by atoms with E-state index in [0.717, 1.165) is 11.6 Å². The van der Waals surface area contributed by atoms with E-state index in [4.69, 9.17) is 11.6 Å². The average molecular weight is 250 g/mol. The van der Waals surface area contributed by atoms with E-state index in [-0.39, 0.29) is 10.9 Å². The molecule has 2 rings (SSSR count). The van der Waals surface area contributed by atoms with Crippen LogP contribution in [-0.2, 0) is 15.1 Å². The predicted octanol–water partition coefficient (Wildman–Crippen LogP) is 2.41. The van der Waals surface area contributed by atoms with Crippen molar-refractivity contribution in [1.29, 1.82) is 0 Å². The number of carbonyl (C=O) groups excluding carboxylic acids is 2. The van der Waals surface area contributed by atoms with Gasteiger partial charge in [0.05, 0.1) is 5.54 Å². The second-order valence-electron chi connectivity index (χ2n) is 4.40. The Bertz CT molecular complexity index is 505. The Morgan fingerprint density at radius 2 is 1.71 bits per heavy atom. The van der Waals surface area contributed by atoms with Crippen LogP contribution < -0.4 is 0 Å². The normalized spacial score (nSPS) is 16.4. The summed E-state index contributed by atoms with van der Waals surface area (Å²) in [5.74, 6) is -0.806. The third-order valence-electron chi connectivity index (χ3n) is 2.92. The zero-order valence-corrected chi connectivity index (χ0v) is 10.4. The summed E-state index contributed by atoms with van der Waals surface area (Å²) in [6, 6.07) is 9.40. The number of halogens is 1. The minimum Gasteiger partial charge on any atom is -0.269 e. The van der Waals surface area contributed by atoms with Gasteiger partial charge in [0.1, 0.15) is 5.03 Å². The largest absolute Gasteiger partial charge is 0.273 e. The van der Waals surface area contributed by atoms with E-state index >= 15 is 0 Å². The number of carbonyl (C=O) groups is 2. The maximum absolute atomic E-state index is 11.8. The Morgan fingerprint density at radius 1 is 1.12 bits per heavy atom. The third kappa shape index (κ3) is 1.87. The lowest BCUT2D eigenvalue weighted by molar-refractivity contribution is -0.143. The lowest BCUT2D eigenvalue weighted by Gasteiger charge is -2.34. The fourth-order valence-corrected chi connectivity index (χ4v) is 2.12. The summed E-state index contributed by atoms with van der Waals surface area (Å²) in [7, 11) is 0. The van der Waals surface area contributed by atoms with Gasteiger partial charge in [0.2, 0.25) is 0 Å². The van der Waals surface area contributed by atoms with E-state index in [1.54, 1.807) is 0 Å². The molecule has 1 heterocycles. The standard InChI is InChI=1S/C13H12ClNO2/c1-13(2,9-6-4-3-5-7-9)15-11(16)8-10(14)12(15)17/h3-8H,1-2H3. The molecule has 3 nitrogen and oxygen atoms in total. The molecule has 0 atom stereocenters. The van der Waals surface area contributed by atoms with Crippen LogP contribution in [0, 0.1) is 0 Å². The SMILES string of the molecule is CC(C)(c1ccccc1)N1C(=O)C=C(Cl)C1=O. The second-order valence-corrected chi connectivity index (χ2v) is 4.80. The molecule has 0 saturated heterocycles. The molecule has 1 aliphatic rings. The van der Waals surface area contributed by atoms with Gasteiger partial charge in [0.25, 0.3) is 11.8 Å². The molecule has 0 aromatic heterocycles. The van der Waals surface area contributed by atoms with Crippen molar-refractivity contribution in [2.24, 2.45) is 0 Å². The van der Waals surface area contributed by atoms with Crippen LogP contribution >= 0.6 is 11.6 Å². The first-order valence-electron chi connectivity index (χ1n) is 5.26. The van der Waals surface area contributed by atoms with Gasteiger partial charge in [0, 0.05) is 6.08 Å². The Morgan fingerprint density at radius 3 is 2.18 bits per heavy atom. The van der Waals surface area contributed by atoms with Gasteiger partial charge in [-0.25, -0.2) is 0 Å². The van der Waals surface area contributed by atoms with Crippen molar-refractivity contribution in [3.8, 4) is 0 Å². The predicted molar refractivity (Wildman–Crippen MR) is 65.3 cm³/mol. The summed E-state index contributed by atoms with van der Waals surface area (Å²) in [5.41, 5.74) is 0.184. The smallest absolute Gasteiger partial charge is 0.269 e. The van der Waals surface area contributed by atoms with Gasteiger partial charge in [-0.1, -0.05) is 41.9 Å². The van der Waals surface area contributed by atoms with Crippen LogP contribution in [0.5, 0.6) is 0 Å². The van der Waals surface area contributed by atoms with E-state index < -0.39 is 11.4 Å². The number of amides is 2. The van der Waals surface area contributed by atoms with Crippen molar-refractivity contribution in [3.63, 3.8) is 0 Å². The highest BCUT2D eigenvalue weighted by Gasteiger charge is 2.41. The molecule has 0 N–H and O–H groups in total. The van der Waals surface area contributed by atoms with Crippen LogP contribution in [-0.4, -0.2) is 16.7 Å². The van der Waals surface area contributed by atoms with Gasteiger partial charge in [-0.15, -0.1) is 0 Å². The second kappa shape index (κ2) is 4.00. The number of hydrogen-bond donors (Lipinski definition) is 0. The quantitative estimate of drug-likeness (QED) is 0.755. The minimum atomic E-state index is -0.706. The van der Waals surface area contributed by atoms with Crippen LogP contribution in [0.25, 0.3) is 0 Å². The van der Waals surface area contributed by atoms with E-state index in [9.17, 15) is 9.59 Å². The molecule has 1 aromatic carbocycles. The number of hydrogen-bond acceptors (Lipinski definition) is 2. The van der Waals surface area contributed by atoms with Crippen LogP contribution in [0.4, 0.5) is 0 Å². The van der Waals surface area contributed by atoms with E-state index in [1.807, 2.05) is 44.2 Å². The van der Waals surface area contributed by atoms with Crippen molar-refractivity contribution in [2.75, 3.05) is 0 Å². The molecule has 0 unspecified atom stereocenters. The Labute approximate surface area is 105 Å². The first-order chi connectivity index (χ1) is 7.94. The van der Waals surface area contributed by atoms with Crippen molar-refractivity contribution < 1.29 is 9.59 Å². The van der Waals surface area contributed by atoms with Crippen LogP contribution in [0.3, 0.4) is 0 Å². The summed E-state index contributed by atoms with van der Waals surface area (Å²) >= 11 is 5.69. The Hall–Kier alpha value is -1.61. The first-order valence-corrected chi connectivity index (χ1v) is 5.63. The maximum Gasteiger partial charge on any atom is 0.273 e. The zero-order valence-electron chi connectivity index (χ0n) is 9.61. The van der Waals surface area contributed by atoms with E-state index in [2.05, 4.69) is 0 Å². The minimum absolute atomic E-state index is 0.0287. The van der Waals surface area contributed by atoms with Crippen molar-refractivity contribution in [3.05, 3.63) is 47.0 Å². The molecule has 1 aliphatic heterocycles. The number of benzene rings is 1. The average Bonchev–Trinajstić information content (AvgIpc) is 2.54. The molecule has 2 amide bonds. The molecule has 0 radical (unpaired) electrons. The van der Waals surface area contributed by atoms with Crippen molar-refractivity contribution >= 4 is 23.4 Å². The molecular formula is C13H12ClNO2.